The van der Waals surface area contributed by atoms with E-state index in [-0.39, 0.29) is 5.54 Å². The fourth-order valence-electron chi connectivity index (χ4n) is 1.93. The molecule has 1 saturated carbocycles. The summed E-state index contributed by atoms with van der Waals surface area (Å²) in [5.74, 6) is -0.442. The fourth-order valence-corrected chi connectivity index (χ4v) is 3.13. The Kier molecular flexibility index (Phi) is 3.51. The van der Waals surface area contributed by atoms with Crippen LogP contribution in [0.5, 0.6) is 0 Å². The average Bonchev–Trinajstić information content (AvgIpc) is 2.02. The molecule has 0 heterocycles. The second-order valence-electron chi connectivity index (χ2n) is 4.14. The molecule has 14 heavy (non-hydrogen) atoms. The summed E-state index contributed by atoms with van der Waals surface area (Å²) in [6.45, 7) is 1.92. The summed E-state index contributed by atoms with van der Waals surface area (Å²) < 4.78 is 25.4. The van der Waals surface area contributed by atoms with Crippen LogP contribution in [0.15, 0.2) is 0 Å². The monoisotopic (exact) mass is 216 g/mol. The van der Waals surface area contributed by atoms with Crippen LogP contribution in [-0.2, 0) is 10.0 Å². The first-order chi connectivity index (χ1) is 6.47. The maximum absolute atomic E-state index is 11.4. The molecule has 0 aromatic rings. The molecule has 1 aliphatic carbocycles. The van der Waals surface area contributed by atoms with Gasteiger partial charge in [-0.3, -0.25) is 0 Å². The van der Waals surface area contributed by atoms with Gasteiger partial charge in [0, 0.05) is 5.54 Å². The third-order valence-corrected chi connectivity index (χ3v) is 3.93. The second-order valence-corrected chi connectivity index (χ2v) is 5.86. The maximum atomic E-state index is 11.4. The minimum absolute atomic E-state index is 0.325. The molecular formula is C9H16N2O2S. The summed E-state index contributed by atoms with van der Waals surface area (Å²) in [5, 5.41) is 8.35. The Bertz CT molecular complexity index is 323. The standard InChI is InChI=1S/C9H16N2O2S/c1-9(5-3-2-4-6-9)11-14(12,13)8-7-10/h11H,2-6,8H2,1H3. The summed E-state index contributed by atoms with van der Waals surface area (Å²) in [6.07, 6.45) is 5.04. The summed E-state index contributed by atoms with van der Waals surface area (Å²) in [4.78, 5) is 0. The predicted octanol–water partition coefficient (Wildman–Crippen LogP) is 1.15. The van der Waals surface area contributed by atoms with E-state index in [2.05, 4.69) is 4.72 Å². The van der Waals surface area contributed by atoms with Crippen LogP contribution in [0.25, 0.3) is 0 Å². The van der Waals surface area contributed by atoms with Crippen molar-refractivity contribution in [1.29, 1.82) is 5.26 Å². The van der Waals surface area contributed by atoms with Gasteiger partial charge in [-0.15, -0.1) is 0 Å². The Hall–Kier alpha value is -0.600. The molecule has 0 bridgehead atoms. The molecule has 5 heteroatoms. The van der Waals surface area contributed by atoms with E-state index >= 15 is 0 Å². The highest BCUT2D eigenvalue weighted by Gasteiger charge is 2.30. The topological polar surface area (TPSA) is 70.0 Å². The first kappa shape index (κ1) is 11.5. The number of hydrogen-bond acceptors (Lipinski definition) is 3. The van der Waals surface area contributed by atoms with Crippen molar-refractivity contribution in [3.05, 3.63) is 0 Å². The van der Waals surface area contributed by atoms with E-state index in [0.29, 0.717) is 0 Å². The number of nitrogens with one attached hydrogen (secondary N) is 1. The van der Waals surface area contributed by atoms with Gasteiger partial charge in [-0.1, -0.05) is 19.3 Å². The van der Waals surface area contributed by atoms with Gasteiger partial charge in [-0.2, -0.15) is 5.26 Å². The van der Waals surface area contributed by atoms with Crippen molar-refractivity contribution >= 4 is 10.0 Å². The first-order valence-corrected chi connectivity index (χ1v) is 6.51. The van der Waals surface area contributed by atoms with Crippen LogP contribution in [0.2, 0.25) is 0 Å². The molecule has 1 N–H and O–H groups in total. The van der Waals surface area contributed by atoms with Crippen LogP contribution in [0.3, 0.4) is 0 Å². The molecule has 1 fully saturated rings. The van der Waals surface area contributed by atoms with Gasteiger partial charge in [0.2, 0.25) is 10.0 Å². The van der Waals surface area contributed by atoms with Gasteiger partial charge in [0.05, 0.1) is 6.07 Å². The molecular weight excluding hydrogens is 200 g/mol. The van der Waals surface area contributed by atoms with Gasteiger partial charge in [-0.25, -0.2) is 13.1 Å². The Labute approximate surface area is 85.4 Å². The van der Waals surface area contributed by atoms with Gasteiger partial charge in [0.1, 0.15) is 0 Å². The van der Waals surface area contributed by atoms with E-state index in [9.17, 15) is 8.42 Å². The minimum Gasteiger partial charge on any atom is -0.211 e. The SMILES string of the molecule is CC1(NS(=O)(=O)CC#N)CCCCC1. The van der Waals surface area contributed by atoms with Crippen LogP contribution in [-0.4, -0.2) is 19.7 Å². The average molecular weight is 216 g/mol. The van der Waals surface area contributed by atoms with Crippen molar-refractivity contribution in [3.8, 4) is 6.07 Å². The van der Waals surface area contributed by atoms with Crippen molar-refractivity contribution in [2.45, 2.75) is 44.6 Å². The zero-order valence-electron chi connectivity index (χ0n) is 8.41. The van der Waals surface area contributed by atoms with Crippen LogP contribution in [0.4, 0.5) is 0 Å². The van der Waals surface area contributed by atoms with Crippen LogP contribution in [0, 0.1) is 11.3 Å². The van der Waals surface area contributed by atoms with E-state index in [0.717, 1.165) is 25.7 Å². The maximum Gasteiger partial charge on any atom is 0.225 e. The molecule has 1 aliphatic rings. The molecule has 0 atom stereocenters. The number of rotatable bonds is 3. The quantitative estimate of drug-likeness (QED) is 0.769. The van der Waals surface area contributed by atoms with E-state index in [4.69, 9.17) is 5.26 Å². The van der Waals surface area contributed by atoms with Gasteiger partial charge < -0.3 is 0 Å². The Morgan fingerprint density at radius 3 is 2.43 bits per heavy atom. The molecule has 1 rings (SSSR count). The van der Waals surface area contributed by atoms with Crippen molar-refractivity contribution < 1.29 is 8.42 Å². The summed E-state index contributed by atoms with van der Waals surface area (Å²) in [6, 6.07) is 1.66. The Morgan fingerprint density at radius 1 is 1.36 bits per heavy atom. The summed E-state index contributed by atoms with van der Waals surface area (Å²) in [7, 11) is -3.40. The molecule has 0 spiro atoms. The highest BCUT2D eigenvalue weighted by molar-refractivity contribution is 7.89. The highest BCUT2D eigenvalue weighted by atomic mass is 32.2. The van der Waals surface area contributed by atoms with Gasteiger partial charge in [0.25, 0.3) is 0 Å². The third kappa shape index (κ3) is 3.28. The van der Waals surface area contributed by atoms with Crippen molar-refractivity contribution in [2.75, 3.05) is 5.75 Å². The number of nitrogens with zero attached hydrogens (tertiary/aromatic N) is 1. The first-order valence-electron chi connectivity index (χ1n) is 4.86. The van der Waals surface area contributed by atoms with E-state index < -0.39 is 15.8 Å². The molecule has 0 radical (unpaired) electrons. The number of hydrogen-bond donors (Lipinski definition) is 1. The fraction of sp³-hybridized carbons (Fsp3) is 0.889. The molecule has 0 aliphatic heterocycles. The Morgan fingerprint density at radius 2 is 1.93 bits per heavy atom. The summed E-state index contributed by atoms with van der Waals surface area (Å²) in [5.41, 5.74) is -0.325. The van der Waals surface area contributed by atoms with Crippen molar-refractivity contribution in [2.24, 2.45) is 0 Å². The number of sulfonamides is 1. The van der Waals surface area contributed by atoms with Gasteiger partial charge in [-0.05, 0) is 19.8 Å². The lowest BCUT2D eigenvalue weighted by Crippen LogP contribution is -2.47. The van der Waals surface area contributed by atoms with Crippen molar-refractivity contribution in [3.63, 3.8) is 0 Å². The third-order valence-electron chi connectivity index (χ3n) is 2.61. The predicted molar refractivity (Wildman–Crippen MR) is 54.0 cm³/mol. The lowest BCUT2D eigenvalue weighted by molar-refractivity contribution is 0.294. The Balaban J connectivity index is 2.62. The molecule has 0 saturated heterocycles. The lowest BCUT2D eigenvalue weighted by atomic mass is 9.84. The van der Waals surface area contributed by atoms with E-state index in [1.807, 2.05) is 6.92 Å². The molecule has 0 unspecified atom stereocenters. The highest BCUT2D eigenvalue weighted by Crippen LogP contribution is 2.28. The second kappa shape index (κ2) is 4.28. The van der Waals surface area contributed by atoms with Crippen molar-refractivity contribution in [1.82, 2.24) is 4.72 Å². The molecule has 4 nitrogen and oxygen atoms in total. The smallest absolute Gasteiger partial charge is 0.211 e. The summed E-state index contributed by atoms with van der Waals surface area (Å²) >= 11 is 0. The van der Waals surface area contributed by atoms with Crippen LogP contribution < -0.4 is 4.72 Å². The van der Waals surface area contributed by atoms with Crippen LogP contribution >= 0.6 is 0 Å². The molecule has 0 aromatic carbocycles. The number of nitriles is 1. The van der Waals surface area contributed by atoms with E-state index in [1.54, 1.807) is 6.07 Å². The largest absolute Gasteiger partial charge is 0.225 e. The van der Waals surface area contributed by atoms with E-state index in [1.165, 1.54) is 6.42 Å². The zero-order valence-corrected chi connectivity index (χ0v) is 9.23. The van der Waals surface area contributed by atoms with Gasteiger partial charge in [0.15, 0.2) is 5.75 Å². The molecule has 80 valence electrons. The zero-order chi connectivity index (χ0) is 10.7. The lowest BCUT2D eigenvalue weighted by Gasteiger charge is -2.33. The minimum atomic E-state index is -3.40. The molecule has 0 aromatic heterocycles. The normalized spacial score (nSPS) is 21.4. The van der Waals surface area contributed by atoms with Gasteiger partial charge >= 0.3 is 0 Å². The molecule has 0 amide bonds. The van der Waals surface area contributed by atoms with Crippen LogP contribution in [0.1, 0.15) is 39.0 Å².